The highest BCUT2D eigenvalue weighted by Gasteiger charge is 2.31. The summed E-state index contributed by atoms with van der Waals surface area (Å²) in [7, 11) is 1.24. The van der Waals surface area contributed by atoms with E-state index in [1.54, 1.807) is 0 Å². The molecule has 0 aliphatic rings. The lowest BCUT2D eigenvalue weighted by atomic mass is 10.00. The molecule has 0 radical (unpaired) electrons. The van der Waals surface area contributed by atoms with Gasteiger partial charge in [-0.25, -0.2) is 0 Å². The van der Waals surface area contributed by atoms with Gasteiger partial charge in [0.2, 0.25) is 0 Å². The molecule has 0 amide bonds. The fourth-order valence-corrected chi connectivity index (χ4v) is 1.63. The zero-order chi connectivity index (χ0) is 14.6. The zero-order valence-corrected chi connectivity index (χ0v) is 10.2. The van der Waals surface area contributed by atoms with Gasteiger partial charge < -0.3 is 15.6 Å². The van der Waals surface area contributed by atoms with Crippen LogP contribution in [-0.2, 0) is 11.0 Å². The topological polar surface area (TPSA) is 72.5 Å². The van der Waals surface area contributed by atoms with Crippen molar-refractivity contribution in [3.05, 3.63) is 29.3 Å². The first-order valence-electron chi connectivity index (χ1n) is 5.48. The highest BCUT2D eigenvalue weighted by molar-refractivity contribution is 5.66. The minimum atomic E-state index is -4.46. The van der Waals surface area contributed by atoms with Gasteiger partial charge in [-0.05, 0) is 18.6 Å². The molecule has 1 aromatic carbocycles. The van der Waals surface area contributed by atoms with E-state index < -0.39 is 23.8 Å². The maximum Gasteiger partial charge on any atom is 0.416 e. The Labute approximate surface area is 108 Å². The number of carboxylic acids is 1. The Kier molecular flexibility index (Phi) is 4.77. The maximum absolute atomic E-state index is 12.5. The summed E-state index contributed by atoms with van der Waals surface area (Å²) in [4.78, 5) is 10.4. The summed E-state index contributed by atoms with van der Waals surface area (Å²) in [6.45, 7) is 0. The minimum absolute atomic E-state index is 0.00714. The number of benzene rings is 1. The van der Waals surface area contributed by atoms with Crippen molar-refractivity contribution in [2.45, 2.75) is 25.1 Å². The Morgan fingerprint density at radius 2 is 2.11 bits per heavy atom. The Bertz CT molecular complexity index is 460. The van der Waals surface area contributed by atoms with Crippen LogP contribution < -0.4 is 10.5 Å². The van der Waals surface area contributed by atoms with Crippen LogP contribution in [0.4, 0.5) is 13.2 Å². The van der Waals surface area contributed by atoms with E-state index >= 15 is 0 Å². The second-order valence-electron chi connectivity index (χ2n) is 3.99. The highest BCUT2D eigenvalue weighted by Crippen LogP contribution is 2.35. The summed E-state index contributed by atoms with van der Waals surface area (Å²) in [5.41, 5.74) is 5.28. The minimum Gasteiger partial charge on any atom is -0.496 e. The number of carboxylic acid groups (broad SMARTS) is 1. The van der Waals surface area contributed by atoms with E-state index in [0.29, 0.717) is 5.56 Å². The third kappa shape index (κ3) is 4.13. The molecule has 3 N–H and O–H groups in total. The summed E-state index contributed by atoms with van der Waals surface area (Å²) in [5, 5.41) is 8.55. The summed E-state index contributed by atoms with van der Waals surface area (Å²) in [6, 6.07) is 2.29. The van der Waals surface area contributed by atoms with E-state index in [1.807, 2.05) is 0 Å². The molecule has 0 fully saturated rings. The number of ether oxygens (including phenoxy) is 1. The Morgan fingerprint density at radius 3 is 2.58 bits per heavy atom. The Morgan fingerprint density at radius 1 is 1.47 bits per heavy atom. The SMILES string of the molecule is COc1cc(C(F)(F)F)ccc1C(N)CCC(=O)O. The first-order chi connectivity index (χ1) is 8.75. The number of carbonyl (C=O) groups is 1. The number of hydrogen-bond acceptors (Lipinski definition) is 3. The number of halogens is 3. The molecule has 0 aliphatic heterocycles. The van der Waals surface area contributed by atoms with E-state index in [2.05, 4.69) is 0 Å². The third-order valence-electron chi connectivity index (χ3n) is 2.63. The van der Waals surface area contributed by atoms with Crippen LogP contribution in [0.1, 0.15) is 30.0 Å². The molecule has 0 aromatic heterocycles. The van der Waals surface area contributed by atoms with E-state index in [4.69, 9.17) is 15.6 Å². The first kappa shape index (κ1) is 15.3. The largest absolute Gasteiger partial charge is 0.496 e. The molecule has 1 unspecified atom stereocenters. The molecule has 1 rings (SSSR count). The summed E-state index contributed by atoms with van der Waals surface area (Å²) in [5.74, 6) is -1.01. The highest BCUT2D eigenvalue weighted by atomic mass is 19.4. The Balaban J connectivity index is 2.99. The summed E-state index contributed by atoms with van der Waals surface area (Å²) in [6.07, 6.45) is -4.50. The first-order valence-corrected chi connectivity index (χ1v) is 5.48. The van der Waals surface area contributed by atoms with Gasteiger partial charge in [0.25, 0.3) is 0 Å². The van der Waals surface area contributed by atoms with Crippen molar-refractivity contribution >= 4 is 5.97 Å². The van der Waals surface area contributed by atoms with Crippen molar-refractivity contribution in [1.29, 1.82) is 0 Å². The van der Waals surface area contributed by atoms with Gasteiger partial charge in [0.15, 0.2) is 0 Å². The van der Waals surface area contributed by atoms with Crippen LogP contribution >= 0.6 is 0 Å². The number of nitrogens with two attached hydrogens (primary N) is 1. The van der Waals surface area contributed by atoms with Gasteiger partial charge >= 0.3 is 12.1 Å². The molecule has 0 aliphatic carbocycles. The number of aliphatic carboxylic acids is 1. The molecule has 7 heteroatoms. The normalized spacial score (nSPS) is 13.1. The molecular formula is C12H14F3NO3. The lowest BCUT2D eigenvalue weighted by molar-refractivity contribution is -0.138. The van der Waals surface area contributed by atoms with Crippen molar-refractivity contribution in [2.75, 3.05) is 7.11 Å². The van der Waals surface area contributed by atoms with Gasteiger partial charge in [-0.15, -0.1) is 0 Å². The van der Waals surface area contributed by atoms with Gasteiger partial charge in [-0.3, -0.25) is 4.79 Å². The number of hydrogen-bond donors (Lipinski definition) is 2. The van der Waals surface area contributed by atoms with Crippen LogP contribution in [0.3, 0.4) is 0 Å². The van der Waals surface area contributed by atoms with Gasteiger partial charge in [-0.1, -0.05) is 6.07 Å². The van der Waals surface area contributed by atoms with Crippen molar-refractivity contribution in [3.63, 3.8) is 0 Å². The predicted molar refractivity (Wildman–Crippen MR) is 61.8 cm³/mol. The fourth-order valence-electron chi connectivity index (χ4n) is 1.63. The van der Waals surface area contributed by atoms with Gasteiger partial charge in [0, 0.05) is 18.0 Å². The molecule has 0 heterocycles. The molecule has 1 atom stereocenters. The van der Waals surface area contributed by atoms with Crippen LogP contribution in [0.25, 0.3) is 0 Å². The van der Waals surface area contributed by atoms with E-state index in [-0.39, 0.29) is 18.6 Å². The quantitative estimate of drug-likeness (QED) is 0.867. The molecule has 1 aromatic rings. The lowest BCUT2D eigenvalue weighted by Crippen LogP contribution is -2.14. The summed E-state index contributed by atoms with van der Waals surface area (Å²) >= 11 is 0. The van der Waals surface area contributed by atoms with Gasteiger partial charge in [-0.2, -0.15) is 13.2 Å². The molecule has 0 bridgehead atoms. The van der Waals surface area contributed by atoms with Crippen LogP contribution in [0, 0.1) is 0 Å². The van der Waals surface area contributed by atoms with Crippen LogP contribution in [0.15, 0.2) is 18.2 Å². The van der Waals surface area contributed by atoms with Crippen molar-refractivity contribution in [3.8, 4) is 5.75 Å². The predicted octanol–water partition coefficient (Wildman–Crippen LogP) is 2.58. The molecule has 0 spiro atoms. The molecular weight excluding hydrogens is 263 g/mol. The van der Waals surface area contributed by atoms with Crippen molar-refractivity contribution < 1.29 is 27.8 Å². The molecule has 0 saturated heterocycles. The van der Waals surface area contributed by atoms with Crippen LogP contribution in [0.2, 0.25) is 0 Å². The standard InChI is InChI=1S/C12H14F3NO3/c1-19-10-6-7(12(13,14)15)2-3-8(10)9(16)4-5-11(17)18/h2-3,6,9H,4-5,16H2,1H3,(H,17,18). The fraction of sp³-hybridized carbons (Fsp3) is 0.417. The molecule has 19 heavy (non-hydrogen) atoms. The molecule has 4 nitrogen and oxygen atoms in total. The Hall–Kier alpha value is -1.76. The van der Waals surface area contributed by atoms with E-state index in [9.17, 15) is 18.0 Å². The summed E-state index contributed by atoms with van der Waals surface area (Å²) < 4.78 is 42.5. The maximum atomic E-state index is 12.5. The second kappa shape index (κ2) is 5.92. The lowest BCUT2D eigenvalue weighted by Gasteiger charge is -2.17. The average molecular weight is 277 g/mol. The number of alkyl halides is 3. The van der Waals surface area contributed by atoms with Crippen molar-refractivity contribution in [2.24, 2.45) is 5.73 Å². The smallest absolute Gasteiger partial charge is 0.416 e. The second-order valence-corrected chi connectivity index (χ2v) is 3.99. The van der Waals surface area contributed by atoms with Crippen molar-refractivity contribution in [1.82, 2.24) is 0 Å². The van der Waals surface area contributed by atoms with E-state index in [1.165, 1.54) is 13.2 Å². The van der Waals surface area contributed by atoms with E-state index in [0.717, 1.165) is 12.1 Å². The third-order valence-corrected chi connectivity index (χ3v) is 2.63. The zero-order valence-electron chi connectivity index (χ0n) is 10.2. The monoisotopic (exact) mass is 277 g/mol. The average Bonchev–Trinajstić information content (AvgIpc) is 2.33. The molecule has 106 valence electrons. The van der Waals surface area contributed by atoms with Crippen LogP contribution in [0.5, 0.6) is 5.75 Å². The van der Waals surface area contributed by atoms with Gasteiger partial charge in [0.1, 0.15) is 5.75 Å². The van der Waals surface area contributed by atoms with Gasteiger partial charge in [0.05, 0.1) is 12.7 Å². The molecule has 0 saturated carbocycles. The van der Waals surface area contributed by atoms with Crippen LogP contribution in [-0.4, -0.2) is 18.2 Å². The number of methoxy groups -OCH3 is 1. The number of rotatable bonds is 5.